The monoisotopic (exact) mass is 587 g/mol. The Balaban J connectivity index is 1.25. The molecule has 1 atom stereocenters. The number of fused-ring (bicyclic) bond motifs is 2. The predicted octanol–water partition coefficient (Wildman–Crippen LogP) is 6.56. The molecule has 0 radical (unpaired) electrons. The Kier molecular flexibility index (Phi) is 8.40. The summed E-state index contributed by atoms with van der Waals surface area (Å²) < 4.78 is 76.5. The van der Waals surface area contributed by atoms with Crippen LogP contribution in [-0.2, 0) is 21.7 Å². The van der Waals surface area contributed by atoms with E-state index in [-0.39, 0.29) is 17.9 Å². The molecule has 0 aromatic heterocycles. The fraction of sp³-hybridized carbons (Fsp3) is 0.323. The van der Waals surface area contributed by atoms with Crippen LogP contribution in [-0.4, -0.2) is 36.8 Å². The Hall–Kier alpha value is -4.12. The SMILES string of the molecule is C=C1Nc2ccc(F)cc2C2(CCN(CCC(C(=O)NCc3ccccc3OC(F)(F)F)c3ccc(F)cc3)CC2)O1. The summed E-state index contributed by atoms with van der Waals surface area (Å²) in [4.78, 5) is 15.5. The summed E-state index contributed by atoms with van der Waals surface area (Å²) in [6.07, 6.45) is -3.33. The number of likely N-dealkylation sites (tertiary alicyclic amines) is 1. The number of benzene rings is 3. The Morgan fingerprint density at radius 1 is 1.05 bits per heavy atom. The van der Waals surface area contributed by atoms with E-state index in [9.17, 15) is 26.7 Å². The number of amides is 1. The van der Waals surface area contributed by atoms with Crippen LogP contribution in [0.25, 0.3) is 0 Å². The molecule has 1 fully saturated rings. The van der Waals surface area contributed by atoms with Gasteiger partial charge in [0.2, 0.25) is 5.91 Å². The second kappa shape index (κ2) is 12.0. The number of anilines is 1. The number of nitrogens with zero attached hydrogens (tertiary/aromatic N) is 1. The molecule has 0 aliphatic carbocycles. The minimum atomic E-state index is -4.87. The summed E-state index contributed by atoms with van der Waals surface area (Å²) >= 11 is 0. The number of hydrogen-bond acceptors (Lipinski definition) is 5. The first-order valence-corrected chi connectivity index (χ1v) is 13.6. The second-order valence-electron chi connectivity index (χ2n) is 10.4. The van der Waals surface area contributed by atoms with E-state index in [1.54, 1.807) is 12.1 Å². The molecule has 0 bridgehead atoms. The molecule has 1 unspecified atom stereocenters. The summed E-state index contributed by atoms with van der Waals surface area (Å²) in [6.45, 7) is 5.48. The van der Waals surface area contributed by atoms with Gasteiger partial charge in [0.05, 0.1) is 5.92 Å². The van der Waals surface area contributed by atoms with E-state index in [0.29, 0.717) is 50.3 Å². The van der Waals surface area contributed by atoms with Gasteiger partial charge in [-0.3, -0.25) is 4.79 Å². The Morgan fingerprint density at radius 3 is 2.45 bits per heavy atom. The molecule has 42 heavy (non-hydrogen) atoms. The molecule has 0 saturated carbocycles. The van der Waals surface area contributed by atoms with Gasteiger partial charge >= 0.3 is 6.36 Å². The van der Waals surface area contributed by atoms with Crippen LogP contribution in [0.1, 0.15) is 41.9 Å². The van der Waals surface area contributed by atoms with Crippen molar-refractivity contribution < 1.29 is 36.2 Å². The number of ether oxygens (including phenoxy) is 2. The van der Waals surface area contributed by atoms with Gasteiger partial charge in [-0.05, 0) is 61.5 Å². The van der Waals surface area contributed by atoms with Crippen LogP contribution in [0.15, 0.2) is 79.2 Å². The fourth-order valence-corrected chi connectivity index (χ4v) is 5.61. The average Bonchev–Trinajstić information content (AvgIpc) is 2.94. The summed E-state index contributed by atoms with van der Waals surface area (Å²) in [5.41, 5.74) is 1.55. The molecule has 2 heterocycles. The Morgan fingerprint density at radius 2 is 1.74 bits per heavy atom. The van der Waals surface area contributed by atoms with Crippen LogP contribution in [0.2, 0.25) is 0 Å². The van der Waals surface area contributed by atoms with Crippen molar-refractivity contribution in [2.24, 2.45) is 0 Å². The van der Waals surface area contributed by atoms with Gasteiger partial charge in [-0.1, -0.05) is 30.3 Å². The van der Waals surface area contributed by atoms with Gasteiger partial charge in [-0.2, -0.15) is 0 Å². The van der Waals surface area contributed by atoms with Crippen molar-refractivity contribution >= 4 is 11.6 Å². The van der Waals surface area contributed by atoms with E-state index in [1.807, 2.05) is 0 Å². The molecule has 3 aromatic rings. The van der Waals surface area contributed by atoms with Gasteiger partial charge in [0.15, 0.2) is 5.88 Å². The predicted molar refractivity (Wildman–Crippen MR) is 146 cm³/mol. The van der Waals surface area contributed by atoms with Crippen LogP contribution in [0.5, 0.6) is 5.75 Å². The standard InChI is InChI=1S/C31H30F5N3O3/c1-20-38-27-11-10-24(33)18-26(27)30(41-20)13-16-39(17-14-30)15-12-25(21-6-8-23(32)9-7-21)29(40)37-19-22-4-2-3-5-28(22)42-31(34,35)36/h2-11,18,25,38H,1,12-17,19H2,(H,37,40). The minimum absolute atomic E-state index is 0.169. The molecule has 11 heteroatoms. The first-order valence-electron chi connectivity index (χ1n) is 13.6. The van der Waals surface area contributed by atoms with Gasteiger partial charge in [-0.25, -0.2) is 8.78 Å². The molecular formula is C31H30F5N3O3. The lowest BCUT2D eigenvalue weighted by Gasteiger charge is -2.46. The van der Waals surface area contributed by atoms with Gasteiger partial charge in [0.25, 0.3) is 0 Å². The third kappa shape index (κ3) is 6.84. The van der Waals surface area contributed by atoms with Crippen molar-refractivity contribution in [3.8, 4) is 5.75 Å². The third-order valence-electron chi connectivity index (χ3n) is 7.70. The average molecular weight is 588 g/mol. The van der Waals surface area contributed by atoms with Crippen molar-refractivity contribution in [2.45, 2.75) is 43.7 Å². The largest absolute Gasteiger partial charge is 0.573 e. The molecule has 1 saturated heterocycles. The molecule has 222 valence electrons. The van der Waals surface area contributed by atoms with Gasteiger partial charge in [-0.15, -0.1) is 13.2 Å². The van der Waals surface area contributed by atoms with E-state index >= 15 is 0 Å². The molecule has 2 aliphatic rings. The van der Waals surface area contributed by atoms with E-state index in [2.05, 4.69) is 26.8 Å². The van der Waals surface area contributed by atoms with Gasteiger partial charge in [0, 0.05) is 49.3 Å². The van der Waals surface area contributed by atoms with Crippen LogP contribution in [0, 0.1) is 11.6 Å². The number of carbonyl (C=O) groups excluding carboxylic acids is 1. The van der Waals surface area contributed by atoms with Crippen molar-refractivity contribution in [3.63, 3.8) is 0 Å². The first-order chi connectivity index (χ1) is 20.0. The van der Waals surface area contributed by atoms with Crippen molar-refractivity contribution in [1.82, 2.24) is 10.2 Å². The summed E-state index contributed by atoms with van der Waals surface area (Å²) in [6, 6.07) is 15.7. The van der Waals surface area contributed by atoms with Crippen LogP contribution in [0.3, 0.4) is 0 Å². The zero-order valence-corrected chi connectivity index (χ0v) is 22.6. The highest BCUT2D eigenvalue weighted by molar-refractivity contribution is 5.83. The zero-order chi connectivity index (χ0) is 29.9. The lowest BCUT2D eigenvalue weighted by Crippen LogP contribution is -2.47. The van der Waals surface area contributed by atoms with Crippen LogP contribution >= 0.6 is 0 Å². The van der Waals surface area contributed by atoms with Gasteiger partial charge in [0.1, 0.15) is 23.0 Å². The molecule has 2 aliphatic heterocycles. The summed E-state index contributed by atoms with van der Waals surface area (Å²) in [5.74, 6) is -1.87. The maximum Gasteiger partial charge on any atom is 0.573 e. The molecule has 3 aromatic carbocycles. The number of rotatable bonds is 8. The molecule has 1 amide bonds. The van der Waals surface area contributed by atoms with Gasteiger partial charge < -0.3 is 25.0 Å². The number of halogens is 5. The molecule has 2 N–H and O–H groups in total. The van der Waals surface area contributed by atoms with E-state index in [1.165, 1.54) is 54.6 Å². The quantitative estimate of drug-likeness (QED) is 0.293. The highest BCUT2D eigenvalue weighted by Gasteiger charge is 2.43. The normalized spacial score (nSPS) is 17.1. The summed E-state index contributed by atoms with van der Waals surface area (Å²) in [7, 11) is 0. The number of piperidine rings is 1. The minimum Gasteiger partial charge on any atom is -0.468 e. The number of carbonyl (C=O) groups is 1. The molecular weight excluding hydrogens is 557 g/mol. The number of nitrogens with one attached hydrogen (secondary N) is 2. The number of alkyl halides is 3. The molecule has 6 nitrogen and oxygen atoms in total. The van der Waals surface area contributed by atoms with E-state index in [0.717, 1.165) is 11.3 Å². The maximum absolute atomic E-state index is 14.1. The molecule has 1 spiro atoms. The van der Waals surface area contributed by atoms with E-state index in [4.69, 9.17) is 4.74 Å². The van der Waals surface area contributed by atoms with Crippen LogP contribution in [0.4, 0.5) is 27.6 Å². The second-order valence-corrected chi connectivity index (χ2v) is 10.4. The highest BCUT2D eigenvalue weighted by atomic mass is 19.4. The Labute approximate surface area is 240 Å². The van der Waals surface area contributed by atoms with Crippen molar-refractivity contribution in [1.29, 1.82) is 0 Å². The maximum atomic E-state index is 14.1. The van der Waals surface area contributed by atoms with E-state index < -0.39 is 35.4 Å². The zero-order valence-electron chi connectivity index (χ0n) is 22.6. The van der Waals surface area contributed by atoms with Crippen molar-refractivity contribution in [2.75, 3.05) is 25.0 Å². The molecule has 5 rings (SSSR count). The Bertz CT molecular complexity index is 1440. The highest BCUT2D eigenvalue weighted by Crippen LogP contribution is 2.45. The smallest absolute Gasteiger partial charge is 0.468 e. The third-order valence-corrected chi connectivity index (χ3v) is 7.70. The lowest BCUT2D eigenvalue weighted by atomic mass is 9.82. The number of hydrogen-bond donors (Lipinski definition) is 2. The fourth-order valence-electron chi connectivity index (χ4n) is 5.61. The lowest BCUT2D eigenvalue weighted by molar-refractivity contribution is -0.274. The summed E-state index contributed by atoms with van der Waals surface area (Å²) in [5, 5.41) is 5.77. The number of para-hydroxylation sites is 1. The first kappa shape index (κ1) is 29.4. The topological polar surface area (TPSA) is 62.8 Å². The van der Waals surface area contributed by atoms with Crippen LogP contribution < -0.4 is 15.4 Å². The van der Waals surface area contributed by atoms with Crippen molar-refractivity contribution in [3.05, 3.63) is 108 Å².